The Morgan fingerprint density at radius 1 is 1.29 bits per heavy atom. The Hall–Kier alpha value is -2.68. The minimum Gasteiger partial charge on any atom is -0.481 e. The van der Waals surface area contributed by atoms with Crippen LogP contribution in [0, 0.1) is 16.0 Å². The molecule has 1 aromatic carbocycles. The second-order valence-corrected chi connectivity index (χ2v) is 4.49. The molecule has 1 aliphatic heterocycles. The molecule has 1 fully saturated rings. The van der Waals surface area contributed by atoms with Crippen molar-refractivity contribution in [2.75, 3.05) is 18.5 Å². The van der Waals surface area contributed by atoms with Crippen molar-refractivity contribution < 1.29 is 24.4 Å². The molecule has 1 saturated heterocycles. The van der Waals surface area contributed by atoms with Crippen molar-refractivity contribution in [3.63, 3.8) is 0 Å². The molecule has 0 spiro atoms. The molecule has 1 heterocycles. The number of rotatable bonds is 4. The van der Waals surface area contributed by atoms with Gasteiger partial charge in [-0.25, -0.2) is 4.79 Å². The van der Waals surface area contributed by atoms with E-state index in [4.69, 9.17) is 9.84 Å². The van der Waals surface area contributed by atoms with Crippen molar-refractivity contribution in [3.05, 3.63) is 34.4 Å². The maximum absolute atomic E-state index is 11.8. The molecule has 9 nitrogen and oxygen atoms in total. The topological polar surface area (TPSA) is 131 Å². The number of carbonyl (C=O) groups is 2. The fourth-order valence-corrected chi connectivity index (χ4v) is 1.94. The highest BCUT2D eigenvalue weighted by Gasteiger charge is 2.35. The molecule has 1 aromatic rings. The Kier molecular flexibility index (Phi) is 4.33. The lowest BCUT2D eigenvalue weighted by Crippen LogP contribution is -2.44. The quantitative estimate of drug-likeness (QED) is 0.556. The summed E-state index contributed by atoms with van der Waals surface area (Å²) in [6.45, 7) is 0.183. The third-order valence-corrected chi connectivity index (χ3v) is 3.05. The first-order chi connectivity index (χ1) is 9.97. The molecule has 0 radical (unpaired) electrons. The number of aliphatic carboxylic acids is 1. The summed E-state index contributed by atoms with van der Waals surface area (Å²) in [4.78, 5) is 32.6. The number of hydrogen-bond donors (Lipinski definition) is 3. The Balaban J connectivity index is 1.92. The summed E-state index contributed by atoms with van der Waals surface area (Å²) < 4.78 is 5.03. The SMILES string of the molecule is O=C(Nc1ccc([N+](=O)[O-])cc1)NC1COCC1C(=O)O. The van der Waals surface area contributed by atoms with Gasteiger partial charge in [0.2, 0.25) is 0 Å². The van der Waals surface area contributed by atoms with Gasteiger partial charge in [-0.15, -0.1) is 0 Å². The van der Waals surface area contributed by atoms with E-state index in [2.05, 4.69) is 10.6 Å². The summed E-state index contributed by atoms with van der Waals surface area (Å²) in [5.74, 6) is -1.82. The highest BCUT2D eigenvalue weighted by molar-refractivity contribution is 5.90. The number of nitro groups is 1. The number of urea groups is 1. The Bertz CT molecular complexity index is 559. The van der Waals surface area contributed by atoms with Gasteiger partial charge in [0.25, 0.3) is 5.69 Å². The molecule has 0 aliphatic carbocycles. The number of nitrogens with zero attached hydrogens (tertiary/aromatic N) is 1. The lowest BCUT2D eigenvalue weighted by Gasteiger charge is -2.16. The summed E-state index contributed by atoms with van der Waals surface area (Å²) in [5, 5.41) is 24.4. The zero-order valence-electron chi connectivity index (χ0n) is 10.8. The minimum absolute atomic E-state index is 0.0534. The standard InChI is InChI=1S/C12H13N3O6/c16-11(17)9-5-21-6-10(9)14-12(18)13-7-1-3-8(4-2-7)15(19)20/h1-4,9-10H,5-6H2,(H,16,17)(H2,13,14,18). The lowest BCUT2D eigenvalue weighted by atomic mass is 10.0. The first-order valence-electron chi connectivity index (χ1n) is 6.10. The molecule has 2 rings (SSSR count). The fraction of sp³-hybridized carbons (Fsp3) is 0.333. The molecule has 0 aromatic heterocycles. The number of carbonyl (C=O) groups excluding carboxylic acids is 1. The summed E-state index contributed by atoms with van der Waals surface area (Å²) >= 11 is 0. The number of non-ortho nitro benzene ring substituents is 1. The van der Waals surface area contributed by atoms with Crippen LogP contribution in [0.25, 0.3) is 0 Å². The van der Waals surface area contributed by atoms with Crippen LogP contribution in [0.3, 0.4) is 0 Å². The molecule has 3 N–H and O–H groups in total. The van der Waals surface area contributed by atoms with Crippen LogP contribution >= 0.6 is 0 Å². The fourth-order valence-electron chi connectivity index (χ4n) is 1.94. The van der Waals surface area contributed by atoms with E-state index in [9.17, 15) is 19.7 Å². The Morgan fingerprint density at radius 3 is 2.52 bits per heavy atom. The second kappa shape index (κ2) is 6.18. The van der Waals surface area contributed by atoms with Crippen molar-refractivity contribution >= 4 is 23.4 Å². The number of benzene rings is 1. The molecular weight excluding hydrogens is 282 g/mol. The predicted octanol–water partition coefficient (Wildman–Crippen LogP) is 0.816. The van der Waals surface area contributed by atoms with Crippen LogP contribution in [0.5, 0.6) is 0 Å². The second-order valence-electron chi connectivity index (χ2n) is 4.49. The molecule has 9 heteroatoms. The van der Waals surface area contributed by atoms with E-state index in [0.717, 1.165) is 0 Å². The van der Waals surface area contributed by atoms with Crippen molar-refractivity contribution in [3.8, 4) is 0 Å². The molecule has 112 valence electrons. The number of anilines is 1. The zero-order valence-corrected chi connectivity index (χ0v) is 10.8. The van der Waals surface area contributed by atoms with Crippen LogP contribution in [0.15, 0.2) is 24.3 Å². The van der Waals surface area contributed by atoms with E-state index in [1.807, 2.05) is 0 Å². The molecular formula is C12H13N3O6. The van der Waals surface area contributed by atoms with Crippen molar-refractivity contribution in [2.45, 2.75) is 6.04 Å². The third kappa shape index (κ3) is 3.66. The number of hydrogen-bond acceptors (Lipinski definition) is 5. The van der Waals surface area contributed by atoms with E-state index >= 15 is 0 Å². The van der Waals surface area contributed by atoms with Crippen LogP contribution in [0.1, 0.15) is 0 Å². The van der Waals surface area contributed by atoms with Gasteiger partial charge in [-0.2, -0.15) is 0 Å². The van der Waals surface area contributed by atoms with Gasteiger partial charge < -0.3 is 20.5 Å². The molecule has 2 amide bonds. The van der Waals surface area contributed by atoms with Crippen LogP contribution in [0.2, 0.25) is 0 Å². The van der Waals surface area contributed by atoms with Crippen LogP contribution in [-0.2, 0) is 9.53 Å². The highest BCUT2D eigenvalue weighted by Crippen LogP contribution is 2.16. The Labute approximate surface area is 119 Å². The Morgan fingerprint density at radius 2 is 1.95 bits per heavy atom. The maximum atomic E-state index is 11.8. The third-order valence-electron chi connectivity index (χ3n) is 3.05. The van der Waals surface area contributed by atoms with Gasteiger partial charge in [0.05, 0.1) is 24.2 Å². The lowest BCUT2D eigenvalue weighted by molar-refractivity contribution is -0.384. The maximum Gasteiger partial charge on any atom is 0.319 e. The summed E-state index contributed by atoms with van der Waals surface area (Å²) in [6.07, 6.45) is 0. The van der Waals surface area contributed by atoms with Gasteiger partial charge in [-0.3, -0.25) is 14.9 Å². The van der Waals surface area contributed by atoms with Gasteiger partial charge in [0.15, 0.2) is 0 Å². The van der Waals surface area contributed by atoms with Crippen molar-refractivity contribution in [1.29, 1.82) is 0 Å². The predicted molar refractivity (Wildman–Crippen MR) is 71.0 cm³/mol. The normalized spacial score (nSPS) is 20.8. The van der Waals surface area contributed by atoms with E-state index in [1.54, 1.807) is 0 Å². The first-order valence-corrected chi connectivity index (χ1v) is 6.10. The minimum atomic E-state index is -1.03. The van der Waals surface area contributed by atoms with E-state index < -0.39 is 28.9 Å². The molecule has 2 unspecified atom stereocenters. The molecule has 0 bridgehead atoms. The van der Waals surface area contributed by atoms with Gasteiger partial charge in [-0.1, -0.05) is 0 Å². The number of nitrogens with one attached hydrogen (secondary N) is 2. The van der Waals surface area contributed by atoms with Gasteiger partial charge in [0, 0.05) is 17.8 Å². The van der Waals surface area contributed by atoms with E-state index in [0.29, 0.717) is 5.69 Å². The summed E-state index contributed by atoms with van der Waals surface area (Å²) in [7, 11) is 0. The average Bonchev–Trinajstić information content (AvgIpc) is 2.87. The molecule has 2 atom stereocenters. The van der Waals surface area contributed by atoms with Crippen LogP contribution < -0.4 is 10.6 Å². The van der Waals surface area contributed by atoms with Gasteiger partial charge in [0.1, 0.15) is 5.92 Å². The zero-order chi connectivity index (χ0) is 15.4. The molecule has 0 saturated carbocycles. The van der Waals surface area contributed by atoms with E-state index in [1.165, 1.54) is 24.3 Å². The highest BCUT2D eigenvalue weighted by atomic mass is 16.6. The smallest absolute Gasteiger partial charge is 0.319 e. The first kappa shape index (κ1) is 14.7. The van der Waals surface area contributed by atoms with Crippen LogP contribution in [-0.4, -0.2) is 41.3 Å². The van der Waals surface area contributed by atoms with Crippen LogP contribution in [0.4, 0.5) is 16.2 Å². The van der Waals surface area contributed by atoms with E-state index in [-0.39, 0.29) is 18.9 Å². The van der Waals surface area contributed by atoms with Crippen molar-refractivity contribution in [1.82, 2.24) is 5.32 Å². The monoisotopic (exact) mass is 295 g/mol. The number of carboxylic acids is 1. The molecule has 21 heavy (non-hydrogen) atoms. The number of ether oxygens (including phenoxy) is 1. The molecule has 1 aliphatic rings. The number of carboxylic acid groups (broad SMARTS) is 1. The number of amides is 2. The van der Waals surface area contributed by atoms with Gasteiger partial charge >= 0.3 is 12.0 Å². The number of nitro benzene ring substituents is 1. The summed E-state index contributed by atoms with van der Waals surface area (Å²) in [6, 6.07) is 4.09. The van der Waals surface area contributed by atoms with Gasteiger partial charge in [-0.05, 0) is 12.1 Å². The van der Waals surface area contributed by atoms with Crippen molar-refractivity contribution in [2.24, 2.45) is 5.92 Å². The average molecular weight is 295 g/mol. The largest absolute Gasteiger partial charge is 0.481 e. The summed E-state index contributed by atoms with van der Waals surface area (Å²) in [5.41, 5.74) is 0.278.